The molecule has 1 aromatic carbocycles. The summed E-state index contributed by atoms with van der Waals surface area (Å²) < 4.78 is 29.8. The van der Waals surface area contributed by atoms with Crippen LogP contribution in [0.1, 0.15) is 37.3 Å². The van der Waals surface area contributed by atoms with Crippen LogP contribution in [0, 0.1) is 0 Å². The van der Waals surface area contributed by atoms with E-state index in [4.69, 9.17) is 23.7 Å². The van der Waals surface area contributed by atoms with E-state index in [1.807, 2.05) is 6.07 Å². The van der Waals surface area contributed by atoms with Crippen molar-refractivity contribution in [2.75, 3.05) is 27.4 Å². The molecule has 24 heavy (non-hydrogen) atoms. The minimum Gasteiger partial charge on any atom is -0.493 e. The van der Waals surface area contributed by atoms with Gasteiger partial charge < -0.3 is 23.7 Å². The van der Waals surface area contributed by atoms with Gasteiger partial charge in [0.05, 0.1) is 27.4 Å². The Hall–Kier alpha value is -1.56. The second-order valence-corrected chi connectivity index (χ2v) is 7.15. The molecule has 1 aromatic rings. The van der Waals surface area contributed by atoms with Crippen LogP contribution in [0.25, 0.3) is 0 Å². The van der Waals surface area contributed by atoms with Crippen LogP contribution in [0.3, 0.4) is 0 Å². The van der Waals surface area contributed by atoms with Crippen LogP contribution in [0.15, 0.2) is 23.8 Å². The number of benzene rings is 1. The molecule has 1 saturated carbocycles. The normalized spacial score (nSPS) is 34.9. The topological polar surface area (TPSA) is 46.2 Å². The SMILES string of the molecule is COc1cc2c(cc1OC)C13CCCC4(OCCO4)C1=CC2(C)O3. The summed E-state index contributed by atoms with van der Waals surface area (Å²) in [6.07, 6.45) is 5.04. The highest BCUT2D eigenvalue weighted by Crippen LogP contribution is 2.66. The van der Waals surface area contributed by atoms with Crippen LogP contribution in [0.2, 0.25) is 0 Å². The summed E-state index contributed by atoms with van der Waals surface area (Å²) in [4.78, 5) is 0. The highest BCUT2D eigenvalue weighted by Gasteiger charge is 2.65. The lowest BCUT2D eigenvalue weighted by molar-refractivity contribution is -0.178. The Morgan fingerprint density at radius 2 is 1.62 bits per heavy atom. The Labute approximate surface area is 141 Å². The van der Waals surface area contributed by atoms with Crippen molar-refractivity contribution in [2.45, 2.75) is 43.2 Å². The minimum absolute atomic E-state index is 0.466. The van der Waals surface area contributed by atoms with Gasteiger partial charge in [-0.05, 0) is 49.1 Å². The van der Waals surface area contributed by atoms with E-state index in [1.54, 1.807) is 14.2 Å². The molecule has 2 spiro atoms. The second-order valence-electron chi connectivity index (χ2n) is 7.15. The van der Waals surface area contributed by atoms with Crippen molar-refractivity contribution in [3.63, 3.8) is 0 Å². The largest absolute Gasteiger partial charge is 0.493 e. The first kappa shape index (κ1) is 14.8. The average Bonchev–Trinajstić information content (AvgIpc) is 3.23. The van der Waals surface area contributed by atoms with Crippen LogP contribution in [0.4, 0.5) is 0 Å². The molecule has 0 aromatic heterocycles. The maximum atomic E-state index is 6.64. The molecule has 4 aliphatic rings. The van der Waals surface area contributed by atoms with Crippen molar-refractivity contribution in [3.8, 4) is 11.5 Å². The van der Waals surface area contributed by atoms with E-state index in [-0.39, 0.29) is 0 Å². The summed E-state index contributed by atoms with van der Waals surface area (Å²) in [6.45, 7) is 3.40. The molecular weight excluding hydrogens is 308 g/mol. The van der Waals surface area contributed by atoms with Gasteiger partial charge in [-0.2, -0.15) is 0 Å². The van der Waals surface area contributed by atoms with E-state index in [0.29, 0.717) is 13.2 Å². The number of hydrogen-bond donors (Lipinski definition) is 0. The Balaban J connectivity index is 1.73. The van der Waals surface area contributed by atoms with Gasteiger partial charge in [-0.1, -0.05) is 0 Å². The number of rotatable bonds is 2. The molecule has 5 heteroatoms. The summed E-state index contributed by atoms with van der Waals surface area (Å²) in [5, 5.41) is 0. The second kappa shape index (κ2) is 4.54. The Bertz CT molecular complexity index is 748. The van der Waals surface area contributed by atoms with Gasteiger partial charge in [0.25, 0.3) is 0 Å². The zero-order valence-electron chi connectivity index (χ0n) is 14.3. The molecule has 1 saturated heterocycles. The fourth-order valence-electron chi connectivity index (χ4n) is 4.99. The monoisotopic (exact) mass is 330 g/mol. The lowest BCUT2D eigenvalue weighted by Gasteiger charge is -2.43. The van der Waals surface area contributed by atoms with Gasteiger partial charge in [-0.25, -0.2) is 0 Å². The standard InChI is InChI=1S/C19H22O5/c1-17-11-16-18(24-17,5-4-6-19(16)22-7-8-23-19)13-10-15(21-3)14(20-2)9-12(13)17/h9-11H,4-8H2,1-3H3. The number of fused-ring (bicyclic) bond motifs is 4. The van der Waals surface area contributed by atoms with Gasteiger partial charge in [0.2, 0.25) is 0 Å². The first-order valence-electron chi connectivity index (χ1n) is 8.56. The van der Waals surface area contributed by atoms with Crippen molar-refractivity contribution < 1.29 is 23.7 Å². The van der Waals surface area contributed by atoms with Crippen molar-refractivity contribution in [2.24, 2.45) is 0 Å². The Morgan fingerprint density at radius 1 is 0.958 bits per heavy atom. The van der Waals surface area contributed by atoms with E-state index in [0.717, 1.165) is 41.9 Å². The molecule has 3 heterocycles. The molecular formula is C19H22O5. The van der Waals surface area contributed by atoms with E-state index < -0.39 is 17.0 Å². The van der Waals surface area contributed by atoms with E-state index in [9.17, 15) is 0 Å². The lowest BCUT2D eigenvalue weighted by atomic mass is 9.68. The Kier molecular flexibility index (Phi) is 2.79. The van der Waals surface area contributed by atoms with Crippen molar-refractivity contribution in [1.29, 1.82) is 0 Å². The molecule has 0 N–H and O–H groups in total. The number of ether oxygens (including phenoxy) is 5. The summed E-state index contributed by atoms with van der Waals surface area (Å²) >= 11 is 0. The maximum Gasteiger partial charge on any atom is 0.194 e. The third-order valence-corrected chi connectivity index (χ3v) is 5.93. The Morgan fingerprint density at radius 3 is 2.29 bits per heavy atom. The predicted molar refractivity (Wildman–Crippen MR) is 86.2 cm³/mol. The van der Waals surface area contributed by atoms with E-state index in [1.165, 1.54) is 5.56 Å². The van der Waals surface area contributed by atoms with Gasteiger partial charge >= 0.3 is 0 Å². The highest BCUT2D eigenvalue weighted by atomic mass is 16.7. The van der Waals surface area contributed by atoms with E-state index in [2.05, 4.69) is 19.1 Å². The number of hydrogen-bond acceptors (Lipinski definition) is 5. The molecule has 5 nitrogen and oxygen atoms in total. The maximum absolute atomic E-state index is 6.64. The van der Waals surface area contributed by atoms with Crippen LogP contribution >= 0.6 is 0 Å². The first-order chi connectivity index (χ1) is 11.6. The minimum atomic E-state index is -0.610. The van der Waals surface area contributed by atoms with Crippen molar-refractivity contribution in [3.05, 3.63) is 34.9 Å². The molecule has 128 valence electrons. The van der Waals surface area contributed by atoms with Crippen LogP contribution in [0.5, 0.6) is 11.5 Å². The summed E-state index contributed by atoms with van der Waals surface area (Å²) in [5.41, 5.74) is 2.52. The van der Waals surface area contributed by atoms with Gasteiger partial charge in [-0.3, -0.25) is 0 Å². The molecule has 2 fully saturated rings. The highest BCUT2D eigenvalue weighted by molar-refractivity contribution is 5.62. The zero-order chi connectivity index (χ0) is 16.6. The average molecular weight is 330 g/mol. The third kappa shape index (κ3) is 1.56. The van der Waals surface area contributed by atoms with Gasteiger partial charge in [-0.15, -0.1) is 0 Å². The summed E-state index contributed by atoms with van der Waals surface area (Å²) in [6, 6.07) is 4.12. The molecule has 3 aliphatic heterocycles. The fraction of sp³-hybridized carbons (Fsp3) is 0.579. The van der Waals surface area contributed by atoms with Gasteiger partial charge in [0, 0.05) is 12.0 Å². The molecule has 2 unspecified atom stereocenters. The van der Waals surface area contributed by atoms with Gasteiger partial charge in [0.1, 0.15) is 11.2 Å². The molecule has 0 amide bonds. The third-order valence-electron chi connectivity index (χ3n) is 5.93. The number of methoxy groups -OCH3 is 2. The molecule has 2 atom stereocenters. The van der Waals surface area contributed by atoms with Crippen molar-refractivity contribution >= 4 is 0 Å². The predicted octanol–water partition coefficient (Wildman–Crippen LogP) is 3.01. The van der Waals surface area contributed by atoms with Gasteiger partial charge in [0.15, 0.2) is 17.3 Å². The quantitative estimate of drug-likeness (QED) is 0.780. The lowest BCUT2D eigenvalue weighted by Crippen LogP contribution is -2.46. The first-order valence-corrected chi connectivity index (χ1v) is 8.56. The van der Waals surface area contributed by atoms with Crippen LogP contribution < -0.4 is 9.47 Å². The van der Waals surface area contributed by atoms with Crippen LogP contribution in [-0.4, -0.2) is 33.2 Å². The summed E-state index contributed by atoms with van der Waals surface area (Å²) in [7, 11) is 3.33. The smallest absolute Gasteiger partial charge is 0.194 e. The zero-order valence-corrected chi connectivity index (χ0v) is 14.3. The molecule has 1 aliphatic carbocycles. The van der Waals surface area contributed by atoms with Crippen LogP contribution in [-0.2, 0) is 25.4 Å². The van der Waals surface area contributed by atoms with Crippen molar-refractivity contribution in [1.82, 2.24) is 0 Å². The molecule has 0 radical (unpaired) electrons. The summed E-state index contributed by atoms with van der Waals surface area (Å²) in [5.74, 6) is 0.859. The van der Waals surface area contributed by atoms with E-state index >= 15 is 0 Å². The molecule has 5 rings (SSSR count). The fourth-order valence-corrected chi connectivity index (χ4v) is 4.99. The molecule has 2 bridgehead atoms.